The molecule has 0 aliphatic carbocycles. The summed E-state index contributed by atoms with van der Waals surface area (Å²) in [5.74, 6) is 1.29. The summed E-state index contributed by atoms with van der Waals surface area (Å²) in [7, 11) is 0. The van der Waals surface area contributed by atoms with Gasteiger partial charge >= 0.3 is 5.97 Å². The minimum absolute atomic E-state index is 0.194. The van der Waals surface area contributed by atoms with Crippen molar-refractivity contribution in [3.8, 4) is 0 Å². The molecule has 2 unspecified atom stereocenters. The van der Waals surface area contributed by atoms with E-state index >= 15 is 0 Å². The van der Waals surface area contributed by atoms with E-state index in [2.05, 4.69) is 23.7 Å². The van der Waals surface area contributed by atoms with Crippen molar-refractivity contribution < 1.29 is 9.53 Å². The molecule has 0 bridgehead atoms. The average molecular weight is 282 g/mol. The predicted molar refractivity (Wildman–Crippen MR) is 77.6 cm³/mol. The van der Waals surface area contributed by atoms with E-state index in [9.17, 15) is 4.79 Å². The Morgan fingerprint density at radius 3 is 3.00 bits per heavy atom. The number of carbonyl (C=O) groups excluding carboxylic acids is 1. The van der Waals surface area contributed by atoms with Crippen molar-refractivity contribution in [3.05, 3.63) is 11.1 Å². The van der Waals surface area contributed by atoms with E-state index in [4.69, 9.17) is 4.74 Å². The Balaban J connectivity index is 1.95. The predicted octanol–water partition coefficient (Wildman–Crippen LogP) is 2.73. The zero-order valence-electron chi connectivity index (χ0n) is 11.9. The topological polar surface area (TPSA) is 42.4 Å². The lowest BCUT2D eigenvalue weighted by atomic mass is 9.89. The van der Waals surface area contributed by atoms with Crippen LogP contribution >= 0.6 is 11.3 Å². The van der Waals surface area contributed by atoms with Crippen molar-refractivity contribution in [2.45, 2.75) is 33.6 Å². The Kier molecular flexibility index (Phi) is 4.80. The molecule has 1 aliphatic heterocycles. The number of ether oxygens (including phenoxy) is 1. The van der Waals surface area contributed by atoms with Gasteiger partial charge in [-0.2, -0.15) is 0 Å². The minimum atomic E-state index is -0.194. The number of thiazole rings is 1. The highest BCUT2D eigenvalue weighted by Gasteiger charge is 2.24. The fourth-order valence-corrected chi connectivity index (χ4v) is 3.18. The molecule has 1 aromatic rings. The molecule has 2 rings (SSSR count). The molecule has 0 radical (unpaired) electrons. The number of rotatable bonds is 4. The molecule has 19 heavy (non-hydrogen) atoms. The molecular weight excluding hydrogens is 260 g/mol. The number of piperidine rings is 1. The minimum Gasteiger partial charge on any atom is -0.466 e. The molecule has 106 valence electrons. The van der Waals surface area contributed by atoms with E-state index in [1.165, 1.54) is 6.42 Å². The van der Waals surface area contributed by atoms with Gasteiger partial charge in [0.25, 0.3) is 0 Å². The molecule has 2 heterocycles. The van der Waals surface area contributed by atoms with Crippen LogP contribution in [-0.4, -0.2) is 30.6 Å². The van der Waals surface area contributed by atoms with Gasteiger partial charge in [0.1, 0.15) is 0 Å². The van der Waals surface area contributed by atoms with Gasteiger partial charge in [-0.15, -0.1) is 11.3 Å². The summed E-state index contributed by atoms with van der Waals surface area (Å²) in [6.07, 6.45) is 1.50. The maximum atomic E-state index is 11.4. The van der Waals surface area contributed by atoms with Gasteiger partial charge in [-0.1, -0.05) is 13.8 Å². The highest BCUT2D eigenvalue weighted by atomic mass is 32.1. The quantitative estimate of drug-likeness (QED) is 0.796. The van der Waals surface area contributed by atoms with Crippen molar-refractivity contribution in [3.63, 3.8) is 0 Å². The normalized spacial score (nSPS) is 23.4. The Morgan fingerprint density at radius 2 is 2.32 bits per heavy atom. The van der Waals surface area contributed by atoms with Gasteiger partial charge in [0.2, 0.25) is 0 Å². The van der Waals surface area contributed by atoms with E-state index in [0.29, 0.717) is 12.5 Å². The molecule has 0 N–H and O–H groups in total. The molecule has 0 amide bonds. The third-order valence-electron chi connectivity index (χ3n) is 3.78. The van der Waals surface area contributed by atoms with Gasteiger partial charge in [0.15, 0.2) is 5.13 Å². The van der Waals surface area contributed by atoms with Crippen LogP contribution in [-0.2, 0) is 16.0 Å². The Labute approximate surface area is 118 Å². The molecule has 2 atom stereocenters. The van der Waals surface area contributed by atoms with Crippen LogP contribution in [0.15, 0.2) is 5.38 Å². The van der Waals surface area contributed by atoms with Crippen LogP contribution in [0.25, 0.3) is 0 Å². The van der Waals surface area contributed by atoms with E-state index in [1.54, 1.807) is 11.3 Å². The first-order valence-corrected chi connectivity index (χ1v) is 7.83. The molecule has 1 aromatic heterocycles. The SMILES string of the molecule is CCOC(=O)Cc1csc(N2CCC(C)C(C)C2)n1. The Hall–Kier alpha value is -1.10. The first kappa shape index (κ1) is 14.3. The lowest BCUT2D eigenvalue weighted by Crippen LogP contribution is -2.38. The zero-order valence-corrected chi connectivity index (χ0v) is 12.7. The largest absolute Gasteiger partial charge is 0.466 e. The molecule has 1 aliphatic rings. The molecular formula is C14H22N2O2S. The summed E-state index contributed by atoms with van der Waals surface area (Å²) in [4.78, 5) is 18.3. The maximum Gasteiger partial charge on any atom is 0.311 e. The number of carbonyl (C=O) groups is 1. The average Bonchev–Trinajstić information content (AvgIpc) is 2.81. The van der Waals surface area contributed by atoms with Crippen molar-refractivity contribution in [1.82, 2.24) is 4.98 Å². The second kappa shape index (κ2) is 6.37. The Morgan fingerprint density at radius 1 is 1.53 bits per heavy atom. The molecule has 0 aromatic carbocycles. The summed E-state index contributed by atoms with van der Waals surface area (Å²) in [5, 5.41) is 3.01. The summed E-state index contributed by atoms with van der Waals surface area (Å²) in [6, 6.07) is 0. The smallest absolute Gasteiger partial charge is 0.311 e. The van der Waals surface area contributed by atoms with Gasteiger partial charge in [-0.05, 0) is 25.2 Å². The van der Waals surface area contributed by atoms with E-state index in [1.807, 2.05) is 12.3 Å². The van der Waals surface area contributed by atoms with Crippen molar-refractivity contribution in [2.75, 3.05) is 24.6 Å². The molecule has 4 nitrogen and oxygen atoms in total. The number of anilines is 1. The first-order valence-electron chi connectivity index (χ1n) is 6.95. The highest BCUT2D eigenvalue weighted by molar-refractivity contribution is 7.13. The summed E-state index contributed by atoms with van der Waals surface area (Å²) < 4.78 is 4.94. The van der Waals surface area contributed by atoms with Crippen LogP contribution in [0.5, 0.6) is 0 Å². The molecule has 1 saturated heterocycles. The summed E-state index contributed by atoms with van der Waals surface area (Å²) in [5.41, 5.74) is 0.824. The zero-order chi connectivity index (χ0) is 13.8. The first-order chi connectivity index (χ1) is 9.10. The second-order valence-corrected chi connectivity index (χ2v) is 6.13. The van der Waals surface area contributed by atoms with Gasteiger partial charge in [0, 0.05) is 18.5 Å². The summed E-state index contributed by atoms with van der Waals surface area (Å²) >= 11 is 1.63. The molecule has 1 fully saturated rings. The van der Waals surface area contributed by atoms with E-state index in [0.717, 1.165) is 29.8 Å². The van der Waals surface area contributed by atoms with Crippen LogP contribution in [0.2, 0.25) is 0 Å². The van der Waals surface area contributed by atoms with Gasteiger partial charge in [0.05, 0.1) is 18.7 Å². The van der Waals surface area contributed by atoms with Crippen molar-refractivity contribution >= 4 is 22.4 Å². The van der Waals surface area contributed by atoms with Crippen LogP contribution in [0.1, 0.15) is 32.9 Å². The maximum absolute atomic E-state index is 11.4. The van der Waals surface area contributed by atoms with Gasteiger partial charge in [-0.25, -0.2) is 4.98 Å². The fraction of sp³-hybridized carbons (Fsp3) is 0.714. The van der Waals surface area contributed by atoms with E-state index in [-0.39, 0.29) is 12.4 Å². The third kappa shape index (κ3) is 3.69. The highest BCUT2D eigenvalue weighted by Crippen LogP contribution is 2.29. The monoisotopic (exact) mass is 282 g/mol. The van der Waals surface area contributed by atoms with Crippen LogP contribution in [0.3, 0.4) is 0 Å². The van der Waals surface area contributed by atoms with Crippen LogP contribution < -0.4 is 4.90 Å². The van der Waals surface area contributed by atoms with Crippen LogP contribution in [0, 0.1) is 11.8 Å². The van der Waals surface area contributed by atoms with Crippen molar-refractivity contribution in [1.29, 1.82) is 0 Å². The number of hydrogen-bond donors (Lipinski definition) is 0. The number of hydrogen-bond acceptors (Lipinski definition) is 5. The van der Waals surface area contributed by atoms with Gasteiger partial charge < -0.3 is 9.64 Å². The number of nitrogens with zero attached hydrogens (tertiary/aromatic N) is 2. The summed E-state index contributed by atoms with van der Waals surface area (Å²) in [6.45, 7) is 8.99. The number of esters is 1. The Bertz CT molecular complexity index is 433. The lowest BCUT2D eigenvalue weighted by Gasteiger charge is -2.35. The third-order valence-corrected chi connectivity index (χ3v) is 4.73. The molecule has 5 heteroatoms. The molecule has 0 saturated carbocycles. The van der Waals surface area contributed by atoms with Gasteiger partial charge in [-0.3, -0.25) is 4.79 Å². The van der Waals surface area contributed by atoms with Crippen LogP contribution in [0.4, 0.5) is 5.13 Å². The lowest BCUT2D eigenvalue weighted by molar-refractivity contribution is -0.142. The van der Waals surface area contributed by atoms with E-state index < -0.39 is 0 Å². The fourth-order valence-electron chi connectivity index (χ4n) is 2.32. The molecule has 0 spiro atoms. The van der Waals surface area contributed by atoms with Crippen molar-refractivity contribution in [2.24, 2.45) is 11.8 Å². The standard InChI is InChI=1S/C14H22N2O2S/c1-4-18-13(17)7-12-9-19-14(15-12)16-6-5-10(2)11(3)8-16/h9-11H,4-8H2,1-3H3. The number of aromatic nitrogens is 1. The second-order valence-electron chi connectivity index (χ2n) is 5.29.